The highest BCUT2D eigenvalue weighted by Crippen LogP contribution is 2.27. The molecule has 0 aliphatic rings. The number of hydrogen-bond acceptors (Lipinski definition) is 3. The molecule has 112 valence electrons. The van der Waals surface area contributed by atoms with Crippen LogP contribution < -0.4 is 14.8 Å². The van der Waals surface area contributed by atoms with E-state index in [1.807, 2.05) is 25.2 Å². The van der Waals surface area contributed by atoms with Gasteiger partial charge in [-0.3, -0.25) is 0 Å². The first-order valence-corrected chi connectivity index (χ1v) is 6.90. The molecular weight excluding hydrogens is 293 g/mol. The van der Waals surface area contributed by atoms with Gasteiger partial charge in [0.15, 0.2) is 11.6 Å². The molecule has 0 amide bonds. The van der Waals surface area contributed by atoms with Crippen LogP contribution in [-0.4, -0.2) is 14.2 Å². The van der Waals surface area contributed by atoms with Gasteiger partial charge in [0.2, 0.25) is 0 Å². The van der Waals surface area contributed by atoms with Gasteiger partial charge in [-0.25, -0.2) is 4.39 Å². The van der Waals surface area contributed by atoms with E-state index < -0.39 is 5.82 Å². The quantitative estimate of drug-likeness (QED) is 0.880. The van der Waals surface area contributed by atoms with Crippen molar-refractivity contribution in [2.24, 2.45) is 0 Å². The van der Waals surface area contributed by atoms with Gasteiger partial charge in [-0.2, -0.15) is 0 Å². The molecule has 21 heavy (non-hydrogen) atoms. The SMILES string of the molecule is CNCc1c(Cl)cccc1OCc1ccc(OC)c(F)c1. The summed E-state index contributed by atoms with van der Waals surface area (Å²) in [6, 6.07) is 10.2. The first-order chi connectivity index (χ1) is 10.2. The van der Waals surface area contributed by atoms with E-state index in [0.717, 1.165) is 11.1 Å². The molecule has 3 nitrogen and oxygen atoms in total. The van der Waals surface area contributed by atoms with E-state index in [1.54, 1.807) is 12.1 Å². The zero-order valence-corrected chi connectivity index (χ0v) is 12.7. The highest BCUT2D eigenvalue weighted by Gasteiger charge is 2.09. The summed E-state index contributed by atoms with van der Waals surface area (Å²) in [6.45, 7) is 0.865. The Kier molecular flexibility index (Phi) is 5.42. The Morgan fingerprint density at radius 2 is 2.00 bits per heavy atom. The second-order valence-electron chi connectivity index (χ2n) is 4.50. The van der Waals surface area contributed by atoms with Crippen LogP contribution in [0.1, 0.15) is 11.1 Å². The lowest BCUT2D eigenvalue weighted by atomic mass is 10.2. The summed E-state index contributed by atoms with van der Waals surface area (Å²) in [5.41, 5.74) is 1.61. The van der Waals surface area contributed by atoms with Crippen molar-refractivity contribution in [2.75, 3.05) is 14.2 Å². The lowest BCUT2D eigenvalue weighted by molar-refractivity contribution is 0.301. The number of nitrogens with one attached hydrogen (secondary N) is 1. The minimum atomic E-state index is -0.403. The molecule has 2 aromatic rings. The molecule has 0 aliphatic carbocycles. The molecule has 0 radical (unpaired) electrons. The Morgan fingerprint density at radius 3 is 2.67 bits per heavy atom. The topological polar surface area (TPSA) is 30.5 Å². The zero-order valence-electron chi connectivity index (χ0n) is 12.0. The van der Waals surface area contributed by atoms with E-state index in [1.165, 1.54) is 13.2 Å². The van der Waals surface area contributed by atoms with Crippen LogP contribution in [0.2, 0.25) is 5.02 Å². The van der Waals surface area contributed by atoms with Crippen LogP contribution >= 0.6 is 11.6 Å². The largest absolute Gasteiger partial charge is 0.494 e. The summed E-state index contributed by atoms with van der Waals surface area (Å²) in [5, 5.41) is 3.69. The van der Waals surface area contributed by atoms with Crippen molar-refractivity contribution in [3.8, 4) is 11.5 Å². The predicted octanol–water partition coefficient (Wildman–Crippen LogP) is 3.79. The van der Waals surface area contributed by atoms with E-state index in [9.17, 15) is 4.39 Å². The maximum absolute atomic E-state index is 13.6. The van der Waals surface area contributed by atoms with Gasteiger partial charge in [0, 0.05) is 17.1 Å². The van der Waals surface area contributed by atoms with E-state index in [2.05, 4.69) is 5.32 Å². The third-order valence-electron chi connectivity index (χ3n) is 3.04. The van der Waals surface area contributed by atoms with Gasteiger partial charge in [0.05, 0.1) is 7.11 Å². The van der Waals surface area contributed by atoms with Crippen molar-refractivity contribution in [3.05, 3.63) is 58.4 Å². The number of halogens is 2. The minimum absolute atomic E-state index is 0.220. The summed E-state index contributed by atoms with van der Waals surface area (Å²) in [7, 11) is 3.27. The molecule has 0 atom stereocenters. The van der Waals surface area contributed by atoms with E-state index in [0.29, 0.717) is 17.3 Å². The molecule has 0 saturated heterocycles. The van der Waals surface area contributed by atoms with Gasteiger partial charge < -0.3 is 14.8 Å². The molecule has 0 saturated carbocycles. The van der Waals surface area contributed by atoms with E-state index in [-0.39, 0.29) is 12.4 Å². The molecule has 0 aromatic heterocycles. The van der Waals surface area contributed by atoms with Gasteiger partial charge in [0.1, 0.15) is 12.4 Å². The summed E-state index contributed by atoms with van der Waals surface area (Å²) < 4.78 is 24.3. The molecule has 0 fully saturated rings. The third-order valence-corrected chi connectivity index (χ3v) is 3.39. The minimum Gasteiger partial charge on any atom is -0.494 e. The first-order valence-electron chi connectivity index (χ1n) is 6.53. The van der Waals surface area contributed by atoms with Crippen LogP contribution in [0.5, 0.6) is 11.5 Å². The van der Waals surface area contributed by atoms with Gasteiger partial charge in [0.25, 0.3) is 0 Å². The Morgan fingerprint density at radius 1 is 1.19 bits per heavy atom. The average Bonchev–Trinajstić information content (AvgIpc) is 2.48. The van der Waals surface area contributed by atoms with Crippen LogP contribution in [0.3, 0.4) is 0 Å². The summed E-state index contributed by atoms with van der Waals surface area (Å²) in [4.78, 5) is 0. The van der Waals surface area contributed by atoms with E-state index in [4.69, 9.17) is 21.1 Å². The monoisotopic (exact) mass is 309 g/mol. The molecule has 1 N–H and O–H groups in total. The lowest BCUT2D eigenvalue weighted by Crippen LogP contribution is -2.08. The smallest absolute Gasteiger partial charge is 0.165 e. The Labute approximate surface area is 128 Å². The molecule has 2 rings (SSSR count). The second-order valence-corrected chi connectivity index (χ2v) is 4.91. The van der Waals surface area contributed by atoms with Crippen molar-refractivity contribution in [1.82, 2.24) is 5.32 Å². The van der Waals surface area contributed by atoms with Crippen LogP contribution in [0, 0.1) is 5.82 Å². The molecular formula is C16H17ClFNO2. The van der Waals surface area contributed by atoms with Gasteiger partial charge >= 0.3 is 0 Å². The van der Waals surface area contributed by atoms with Crippen LogP contribution in [0.15, 0.2) is 36.4 Å². The molecule has 0 heterocycles. The molecule has 5 heteroatoms. The van der Waals surface area contributed by atoms with Gasteiger partial charge in [-0.1, -0.05) is 23.7 Å². The number of hydrogen-bond donors (Lipinski definition) is 1. The highest BCUT2D eigenvalue weighted by molar-refractivity contribution is 6.31. The Hall–Kier alpha value is -1.78. The summed E-state index contributed by atoms with van der Waals surface area (Å²) in [6.07, 6.45) is 0. The van der Waals surface area contributed by atoms with E-state index >= 15 is 0 Å². The highest BCUT2D eigenvalue weighted by atomic mass is 35.5. The zero-order chi connectivity index (χ0) is 15.2. The third kappa shape index (κ3) is 3.86. The number of rotatable bonds is 6. The fourth-order valence-electron chi connectivity index (χ4n) is 1.98. The Balaban J connectivity index is 2.13. The molecule has 0 spiro atoms. The Bertz CT molecular complexity index is 619. The van der Waals surface area contributed by atoms with Gasteiger partial charge in [-0.15, -0.1) is 0 Å². The van der Waals surface area contributed by atoms with Crippen molar-refractivity contribution >= 4 is 11.6 Å². The fraction of sp³-hybridized carbons (Fsp3) is 0.250. The predicted molar refractivity (Wildman–Crippen MR) is 81.5 cm³/mol. The molecule has 0 bridgehead atoms. The summed E-state index contributed by atoms with van der Waals surface area (Å²) in [5.74, 6) is 0.505. The maximum Gasteiger partial charge on any atom is 0.165 e. The van der Waals surface area contributed by atoms with Crippen molar-refractivity contribution < 1.29 is 13.9 Å². The number of ether oxygens (including phenoxy) is 2. The van der Waals surface area contributed by atoms with Crippen molar-refractivity contribution in [3.63, 3.8) is 0 Å². The maximum atomic E-state index is 13.6. The van der Waals surface area contributed by atoms with Gasteiger partial charge in [-0.05, 0) is 36.9 Å². The van der Waals surface area contributed by atoms with Crippen LogP contribution in [0.4, 0.5) is 4.39 Å². The van der Waals surface area contributed by atoms with Crippen molar-refractivity contribution in [1.29, 1.82) is 0 Å². The van der Waals surface area contributed by atoms with Crippen LogP contribution in [0.25, 0.3) is 0 Å². The van der Waals surface area contributed by atoms with Crippen molar-refractivity contribution in [2.45, 2.75) is 13.2 Å². The molecule has 2 aromatic carbocycles. The first kappa shape index (κ1) is 15.6. The molecule has 0 aliphatic heterocycles. The van der Waals surface area contributed by atoms with Crippen LogP contribution in [-0.2, 0) is 13.2 Å². The summed E-state index contributed by atoms with van der Waals surface area (Å²) >= 11 is 6.16. The number of methoxy groups -OCH3 is 1. The standard InChI is InChI=1S/C16H17ClFNO2/c1-19-9-12-13(17)4-3-5-15(12)21-10-11-6-7-16(20-2)14(18)8-11/h3-8,19H,9-10H2,1-2H3. The second kappa shape index (κ2) is 7.29. The normalized spacial score (nSPS) is 10.5. The fourth-order valence-corrected chi connectivity index (χ4v) is 2.22. The molecule has 0 unspecified atom stereocenters. The number of benzene rings is 2. The average molecular weight is 310 g/mol. The lowest BCUT2D eigenvalue weighted by Gasteiger charge is -2.13.